The molecule has 1 aliphatic rings. The summed E-state index contributed by atoms with van der Waals surface area (Å²) >= 11 is 0. The summed E-state index contributed by atoms with van der Waals surface area (Å²) in [5, 5.41) is 3.45. The Hall–Kier alpha value is -0.620. The maximum absolute atomic E-state index is 12.2. The number of hydrogen-bond donors (Lipinski definition) is 0. The summed E-state index contributed by atoms with van der Waals surface area (Å²) in [6, 6.07) is 0. The Morgan fingerprint density at radius 3 is 2.47 bits per heavy atom. The summed E-state index contributed by atoms with van der Waals surface area (Å²) in [5.41, 5.74) is 8.51. The van der Waals surface area contributed by atoms with E-state index in [9.17, 15) is 4.57 Å². The van der Waals surface area contributed by atoms with Crippen molar-refractivity contribution in [3.63, 3.8) is 0 Å². The molecule has 0 aromatic rings. The minimum atomic E-state index is -3.54. The molecule has 0 aromatic carbocycles. The van der Waals surface area contributed by atoms with Crippen LogP contribution in [0.2, 0.25) is 0 Å². The predicted octanol–water partition coefficient (Wildman–Crippen LogP) is 2.26. The summed E-state index contributed by atoms with van der Waals surface area (Å²) in [6.07, 6.45) is -0.661. The number of hydrogen-bond acceptors (Lipinski definition) is 6. The molecule has 1 rings (SSSR count). The van der Waals surface area contributed by atoms with E-state index in [1.165, 1.54) is 14.2 Å². The van der Waals surface area contributed by atoms with Gasteiger partial charge in [-0.2, -0.15) is 0 Å². The normalized spacial score (nSPS) is 25.3. The molecule has 17 heavy (non-hydrogen) atoms. The third-order valence-electron chi connectivity index (χ3n) is 2.37. The van der Waals surface area contributed by atoms with E-state index in [1.54, 1.807) is 13.8 Å². The van der Waals surface area contributed by atoms with Crippen LogP contribution >= 0.6 is 7.60 Å². The number of rotatable bonds is 5. The van der Waals surface area contributed by atoms with E-state index in [0.717, 1.165) is 0 Å². The molecule has 98 valence electrons. The molecule has 9 heteroatoms. The zero-order chi connectivity index (χ0) is 13.1. The monoisotopic (exact) mass is 265 g/mol. The molecule has 0 saturated carbocycles. The van der Waals surface area contributed by atoms with Crippen LogP contribution in [0.1, 0.15) is 13.8 Å². The van der Waals surface area contributed by atoms with Crippen molar-refractivity contribution in [1.82, 2.24) is 0 Å². The molecule has 0 radical (unpaired) electrons. The molecule has 1 aliphatic heterocycles. The van der Waals surface area contributed by atoms with Gasteiger partial charge in [0, 0.05) is 19.1 Å². The van der Waals surface area contributed by atoms with Crippen molar-refractivity contribution in [2.75, 3.05) is 20.8 Å². The number of ether oxygens (including phenoxy) is 2. The fourth-order valence-corrected chi connectivity index (χ4v) is 2.85. The molecular weight excluding hydrogens is 249 g/mol. The summed E-state index contributed by atoms with van der Waals surface area (Å²) in [6.45, 7) is 3.59. The minimum Gasteiger partial charge on any atom is -0.348 e. The highest BCUT2D eigenvalue weighted by Crippen LogP contribution is 2.55. The standard InChI is InChI=1S/C8H16N3O5P/c1-8(2)15-5-6(16-8)7(10-11-9)17(12,13-3)14-4/h6-7H,5H2,1-4H3/t6?,7-/m0/s1. The molecule has 0 amide bonds. The second-order valence-electron chi connectivity index (χ2n) is 3.89. The van der Waals surface area contributed by atoms with E-state index in [1.807, 2.05) is 0 Å². The fraction of sp³-hybridized carbons (Fsp3) is 1.00. The van der Waals surface area contributed by atoms with Crippen molar-refractivity contribution < 1.29 is 23.1 Å². The van der Waals surface area contributed by atoms with E-state index < -0.39 is 25.3 Å². The van der Waals surface area contributed by atoms with Gasteiger partial charge in [0.15, 0.2) is 11.6 Å². The smallest absolute Gasteiger partial charge is 0.341 e. The first-order valence-corrected chi connectivity index (χ1v) is 6.57. The molecule has 1 fully saturated rings. The van der Waals surface area contributed by atoms with E-state index in [2.05, 4.69) is 10.0 Å². The molecule has 1 heterocycles. The Labute approximate surface area is 99.3 Å². The van der Waals surface area contributed by atoms with E-state index >= 15 is 0 Å². The van der Waals surface area contributed by atoms with E-state index in [-0.39, 0.29) is 6.61 Å². The Kier molecular flexibility index (Phi) is 4.55. The molecule has 0 spiro atoms. The average Bonchev–Trinajstić information content (AvgIpc) is 2.65. The molecule has 2 atom stereocenters. The Balaban J connectivity index is 2.95. The van der Waals surface area contributed by atoms with Crippen LogP contribution in [0.3, 0.4) is 0 Å². The van der Waals surface area contributed by atoms with Crippen LogP contribution in [0, 0.1) is 0 Å². The maximum Gasteiger partial charge on any atom is 0.341 e. The molecule has 1 unspecified atom stereocenters. The van der Waals surface area contributed by atoms with Crippen molar-refractivity contribution in [3.8, 4) is 0 Å². The number of nitrogens with zero attached hydrogens (tertiary/aromatic N) is 3. The summed E-state index contributed by atoms with van der Waals surface area (Å²) in [4.78, 5) is 2.65. The molecule has 0 N–H and O–H groups in total. The quantitative estimate of drug-likeness (QED) is 0.328. The molecule has 0 bridgehead atoms. The molecule has 8 nitrogen and oxygen atoms in total. The lowest BCUT2D eigenvalue weighted by Gasteiger charge is -2.25. The van der Waals surface area contributed by atoms with Crippen LogP contribution in [-0.4, -0.2) is 38.5 Å². The van der Waals surface area contributed by atoms with Crippen molar-refractivity contribution >= 4 is 7.60 Å². The maximum atomic E-state index is 12.2. The van der Waals surface area contributed by atoms with Crippen molar-refractivity contribution in [3.05, 3.63) is 10.4 Å². The van der Waals surface area contributed by atoms with Crippen LogP contribution in [0.5, 0.6) is 0 Å². The lowest BCUT2D eigenvalue weighted by atomic mass is 10.4. The van der Waals surface area contributed by atoms with Gasteiger partial charge in [-0.25, -0.2) is 0 Å². The van der Waals surface area contributed by atoms with Gasteiger partial charge in [-0.05, 0) is 19.4 Å². The van der Waals surface area contributed by atoms with Crippen LogP contribution in [0.4, 0.5) is 0 Å². The predicted molar refractivity (Wildman–Crippen MR) is 59.5 cm³/mol. The highest BCUT2D eigenvalue weighted by molar-refractivity contribution is 7.54. The van der Waals surface area contributed by atoms with Gasteiger partial charge in [-0.3, -0.25) is 4.57 Å². The van der Waals surface area contributed by atoms with Gasteiger partial charge in [0.05, 0.1) is 6.61 Å². The summed E-state index contributed by atoms with van der Waals surface area (Å²) in [5.74, 6) is -1.87. The third-order valence-corrected chi connectivity index (χ3v) is 4.47. The van der Waals surface area contributed by atoms with Gasteiger partial charge in [0.25, 0.3) is 0 Å². The topological polar surface area (TPSA) is 103 Å². The zero-order valence-corrected chi connectivity index (χ0v) is 11.1. The van der Waals surface area contributed by atoms with Gasteiger partial charge in [-0.1, -0.05) is 5.11 Å². The van der Waals surface area contributed by atoms with E-state index in [4.69, 9.17) is 24.1 Å². The van der Waals surface area contributed by atoms with E-state index in [0.29, 0.717) is 0 Å². The Morgan fingerprint density at radius 2 is 2.12 bits per heavy atom. The highest BCUT2D eigenvalue weighted by atomic mass is 31.2. The van der Waals surface area contributed by atoms with Crippen LogP contribution in [0.25, 0.3) is 10.4 Å². The van der Waals surface area contributed by atoms with Gasteiger partial charge in [0.1, 0.15) is 6.10 Å². The van der Waals surface area contributed by atoms with Crippen molar-refractivity contribution in [2.24, 2.45) is 5.11 Å². The van der Waals surface area contributed by atoms with Crippen molar-refractivity contribution in [1.29, 1.82) is 0 Å². The second-order valence-corrected chi connectivity index (χ2v) is 6.23. The largest absolute Gasteiger partial charge is 0.348 e. The highest BCUT2D eigenvalue weighted by Gasteiger charge is 2.46. The first-order valence-electron chi connectivity index (χ1n) is 4.95. The summed E-state index contributed by atoms with van der Waals surface area (Å²) < 4.78 is 32.6. The summed E-state index contributed by atoms with van der Waals surface area (Å²) in [7, 11) is -1.08. The van der Waals surface area contributed by atoms with Gasteiger partial charge in [0.2, 0.25) is 0 Å². The average molecular weight is 265 g/mol. The lowest BCUT2D eigenvalue weighted by Crippen LogP contribution is -2.30. The second kappa shape index (κ2) is 5.35. The molecule has 1 saturated heterocycles. The fourth-order valence-electron chi connectivity index (χ4n) is 1.55. The number of azide groups is 1. The molecular formula is C8H16N3O5P. The van der Waals surface area contributed by atoms with Crippen molar-refractivity contribution in [2.45, 2.75) is 31.5 Å². The minimum absolute atomic E-state index is 0.160. The molecule has 0 aliphatic carbocycles. The van der Waals surface area contributed by atoms with Crippen LogP contribution in [-0.2, 0) is 23.1 Å². The third kappa shape index (κ3) is 3.19. The van der Waals surface area contributed by atoms with Gasteiger partial charge in [-0.15, -0.1) is 0 Å². The molecule has 0 aromatic heterocycles. The van der Waals surface area contributed by atoms with Crippen LogP contribution < -0.4 is 0 Å². The van der Waals surface area contributed by atoms with Gasteiger partial charge < -0.3 is 18.5 Å². The lowest BCUT2D eigenvalue weighted by molar-refractivity contribution is -0.138. The first kappa shape index (κ1) is 14.4. The van der Waals surface area contributed by atoms with Crippen LogP contribution in [0.15, 0.2) is 5.11 Å². The Morgan fingerprint density at radius 1 is 1.53 bits per heavy atom. The SMILES string of the molecule is COP(=O)(OC)[C@H](N=[N+]=[N-])C1COC(C)(C)O1. The first-order chi connectivity index (χ1) is 7.88. The zero-order valence-electron chi connectivity index (χ0n) is 10.2. The Bertz CT molecular complexity index is 360. The van der Waals surface area contributed by atoms with Gasteiger partial charge >= 0.3 is 7.60 Å².